The summed E-state index contributed by atoms with van der Waals surface area (Å²) in [6, 6.07) is 2.50. The van der Waals surface area contributed by atoms with Gasteiger partial charge in [-0.25, -0.2) is 4.79 Å². The Labute approximate surface area is 85.9 Å². The lowest BCUT2D eigenvalue weighted by Crippen LogP contribution is -2.15. The van der Waals surface area contributed by atoms with Crippen LogP contribution in [-0.4, -0.2) is 29.1 Å². The summed E-state index contributed by atoms with van der Waals surface area (Å²) in [5.74, 6) is -2.63. The van der Waals surface area contributed by atoms with Crippen LogP contribution in [0.3, 0.4) is 0 Å². The van der Waals surface area contributed by atoms with Crippen molar-refractivity contribution in [3.8, 4) is 11.5 Å². The average molecular weight is 210 g/mol. The second-order valence-corrected chi connectivity index (χ2v) is 2.97. The average Bonchev–Trinajstić information content (AvgIpc) is 2.15. The van der Waals surface area contributed by atoms with Crippen molar-refractivity contribution in [2.24, 2.45) is 0 Å². The van der Waals surface area contributed by atoms with E-state index in [1.54, 1.807) is 0 Å². The van der Waals surface area contributed by atoms with Crippen LogP contribution in [0.25, 0.3) is 0 Å². The molecule has 0 aliphatic heterocycles. The lowest BCUT2D eigenvalue weighted by Gasteiger charge is -2.09. The van der Waals surface area contributed by atoms with E-state index in [9.17, 15) is 14.7 Å². The van der Waals surface area contributed by atoms with Crippen LogP contribution in [-0.2, 0) is 4.79 Å². The summed E-state index contributed by atoms with van der Waals surface area (Å²) >= 11 is 0. The van der Waals surface area contributed by atoms with Crippen LogP contribution in [0.1, 0.15) is 15.9 Å². The number of aromatic hydroxyl groups is 1. The number of carboxylic acid groups (broad SMARTS) is 1. The summed E-state index contributed by atoms with van der Waals surface area (Å²) in [5, 5.41) is 17.8. The number of ketones is 1. The SMILES string of the molecule is COc1cc(O)cc(C)c1C(=O)C(=O)O. The maximum absolute atomic E-state index is 11.3. The Morgan fingerprint density at radius 2 is 1.93 bits per heavy atom. The zero-order valence-electron chi connectivity index (χ0n) is 8.27. The maximum atomic E-state index is 11.3. The number of aryl methyl sites for hydroxylation is 1. The fraction of sp³-hybridized carbons (Fsp3) is 0.200. The van der Waals surface area contributed by atoms with Crippen molar-refractivity contribution in [1.82, 2.24) is 0 Å². The number of carboxylic acids is 1. The first-order chi connectivity index (χ1) is 6.97. The van der Waals surface area contributed by atoms with Gasteiger partial charge in [-0.1, -0.05) is 0 Å². The van der Waals surface area contributed by atoms with Crippen molar-refractivity contribution >= 4 is 11.8 Å². The number of phenols is 1. The number of hydrogen-bond donors (Lipinski definition) is 2. The molecule has 2 N–H and O–H groups in total. The van der Waals surface area contributed by atoms with Gasteiger partial charge in [0.15, 0.2) is 0 Å². The van der Waals surface area contributed by atoms with Crippen molar-refractivity contribution in [2.45, 2.75) is 6.92 Å². The van der Waals surface area contributed by atoms with E-state index < -0.39 is 11.8 Å². The second kappa shape index (κ2) is 4.00. The molecule has 0 spiro atoms. The van der Waals surface area contributed by atoms with Gasteiger partial charge in [-0.15, -0.1) is 0 Å². The van der Waals surface area contributed by atoms with Gasteiger partial charge in [0.05, 0.1) is 12.7 Å². The molecule has 5 nitrogen and oxygen atoms in total. The maximum Gasteiger partial charge on any atom is 0.377 e. The van der Waals surface area contributed by atoms with Gasteiger partial charge in [-0.3, -0.25) is 4.79 Å². The normalized spacial score (nSPS) is 9.73. The van der Waals surface area contributed by atoms with Gasteiger partial charge in [-0.2, -0.15) is 0 Å². The van der Waals surface area contributed by atoms with Crippen LogP contribution in [0.5, 0.6) is 11.5 Å². The molecular formula is C10H10O5. The number of aliphatic carboxylic acids is 1. The number of hydrogen-bond acceptors (Lipinski definition) is 4. The smallest absolute Gasteiger partial charge is 0.377 e. The van der Waals surface area contributed by atoms with Gasteiger partial charge in [-0.05, 0) is 18.6 Å². The van der Waals surface area contributed by atoms with E-state index in [1.165, 1.54) is 26.2 Å². The van der Waals surface area contributed by atoms with E-state index in [0.29, 0.717) is 5.56 Å². The van der Waals surface area contributed by atoms with E-state index in [2.05, 4.69) is 0 Å². The van der Waals surface area contributed by atoms with Crippen LogP contribution in [0.2, 0.25) is 0 Å². The van der Waals surface area contributed by atoms with Gasteiger partial charge < -0.3 is 14.9 Å². The number of rotatable bonds is 3. The van der Waals surface area contributed by atoms with Gasteiger partial charge in [0.2, 0.25) is 0 Å². The molecule has 15 heavy (non-hydrogen) atoms. The molecule has 0 radical (unpaired) electrons. The van der Waals surface area contributed by atoms with E-state index >= 15 is 0 Å². The Bertz CT molecular complexity index is 422. The van der Waals surface area contributed by atoms with E-state index in [0.717, 1.165) is 0 Å². The number of methoxy groups -OCH3 is 1. The summed E-state index contributed by atoms with van der Waals surface area (Å²) in [4.78, 5) is 21.8. The van der Waals surface area contributed by atoms with Crippen molar-refractivity contribution in [2.75, 3.05) is 7.11 Å². The molecule has 0 aromatic heterocycles. The largest absolute Gasteiger partial charge is 0.508 e. The number of phenolic OH excluding ortho intramolecular Hbond substituents is 1. The Kier molecular flexibility index (Phi) is 2.94. The number of Topliss-reactive ketones (excluding diaryl/α,β-unsaturated/α-hetero) is 1. The molecule has 5 heteroatoms. The van der Waals surface area contributed by atoms with Gasteiger partial charge in [0, 0.05) is 6.07 Å². The number of carbonyl (C=O) groups excluding carboxylic acids is 1. The minimum atomic E-state index is -1.55. The molecule has 1 rings (SSSR count). The Morgan fingerprint density at radius 3 is 2.40 bits per heavy atom. The molecule has 0 bridgehead atoms. The van der Waals surface area contributed by atoms with E-state index in [1.807, 2.05) is 0 Å². The fourth-order valence-corrected chi connectivity index (χ4v) is 1.30. The molecule has 0 unspecified atom stereocenters. The topological polar surface area (TPSA) is 83.8 Å². The van der Waals surface area contributed by atoms with Crippen molar-refractivity contribution < 1.29 is 24.5 Å². The van der Waals surface area contributed by atoms with Crippen LogP contribution in [0.15, 0.2) is 12.1 Å². The molecule has 0 saturated carbocycles. The highest BCUT2D eigenvalue weighted by Crippen LogP contribution is 2.28. The molecule has 1 aromatic carbocycles. The van der Waals surface area contributed by atoms with Crippen molar-refractivity contribution in [3.63, 3.8) is 0 Å². The quantitative estimate of drug-likeness (QED) is 0.573. The summed E-state index contributed by atoms with van der Waals surface area (Å²) in [6.45, 7) is 1.53. The van der Waals surface area contributed by atoms with Crippen LogP contribution >= 0.6 is 0 Å². The molecule has 0 amide bonds. The first-order valence-electron chi connectivity index (χ1n) is 4.12. The number of benzene rings is 1. The molecule has 1 aromatic rings. The third-order valence-electron chi connectivity index (χ3n) is 1.93. The summed E-state index contributed by atoms with van der Waals surface area (Å²) in [5.41, 5.74) is 0.321. The predicted molar refractivity (Wildman–Crippen MR) is 51.4 cm³/mol. The zero-order valence-corrected chi connectivity index (χ0v) is 8.27. The van der Waals surface area contributed by atoms with Crippen LogP contribution in [0, 0.1) is 6.92 Å². The standard InChI is InChI=1S/C10H10O5/c1-5-3-6(11)4-7(15-2)8(5)9(12)10(13)14/h3-4,11H,1-2H3,(H,13,14). The van der Waals surface area contributed by atoms with Gasteiger partial charge in [0.25, 0.3) is 5.78 Å². The lowest BCUT2D eigenvalue weighted by atomic mass is 10.0. The minimum Gasteiger partial charge on any atom is -0.508 e. The summed E-state index contributed by atoms with van der Waals surface area (Å²) in [6.07, 6.45) is 0. The molecule has 0 atom stereocenters. The Morgan fingerprint density at radius 1 is 1.33 bits per heavy atom. The highest BCUT2D eigenvalue weighted by molar-refractivity contribution is 6.40. The predicted octanol–water partition coefficient (Wildman–Crippen LogP) is 0.977. The fourth-order valence-electron chi connectivity index (χ4n) is 1.30. The molecule has 0 aliphatic carbocycles. The van der Waals surface area contributed by atoms with Gasteiger partial charge >= 0.3 is 5.97 Å². The highest BCUT2D eigenvalue weighted by Gasteiger charge is 2.22. The van der Waals surface area contributed by atoms with E-state index in [4.69, 9.17) is 9.84 Å². The monoisotopic (exact) mass is 210 g/mol. The van der Waals surface area contributed by atoms with Crippen molar-refractivity contribution in [3.05, 3.63) is 23.3 Å². The van der Waals surface area contributed by atoms with Crippen molar-refractivity contribution in [1.29, 1.82) is 0 Å². The Hall–Kier alpha value is -2.04. The zero-order chi connectivity index (χ0) is 11.6. The third-order valence-corrected chi connectivity index (χ3v) is 1.93. The molecule has 0 heterocycles. The Balaban J connectivity index is 3.39. The second-order valence-electron chi connectivity index (χ2n) is 2.97. The molecule has 0 fully saturated rings. The van der Waals surface area contributed by atoms with E-state index in [-0.39, 0.29) is 17.1 Å². The molecule has 80 valence electrons. The molecule has 0 saturated heterocycles. The van der Waals surface area contributed by atoms with Gasteiger partial charge in [0.1, 0.15) is 11.5 Å². The minimum absolute atomic E-state index is 0.0391. The molecule has 0 aliphatic rings. The van der Waals surface area contributed by atoms with Crippen LogP contribution in [0.4, 0.5) is 0 Å². The number of ether oxygens (including phenoxy) is 1. The third kappa shape index (κ3) is 2.07. The molecular weight excluding hydrogens is 200 g/mol. The summed E-state index contributed by atoms with van der Waals surface area (Å²) < 4.78 is 4.83. The summed E-state index contributed by atoms with van der Waals surface area (Å²) in [7, 11) is 1.30. The first kappa shape index (κ1) is 11.0. The lowest BCUT2D eigenvalue weighted by molar-refractivity contribution is -0.131. The first-order valence-corrected chi connectivity index (χ1v) is 4.12. The highest BCUT2D eigenvalue weighted by atomic mass is 16.5. The number of carbonyl (C=O) groups is 2. The van der Waals surface area contributed by atoms with Crippen LogP contribution < -0.4 is 4.74 Å².